The second kappa shape index (κ2) is 8.10. The van der Waals surface area contributed by atoms with Crippen LogP contribution in [0, 0.1) is 0 Å². The van der Waals surface area contributed by atoms with Crippen LogP contribution < -0.4 is 10.1 Å². The predicted molar refractivity (Wildman–Crippen MR) is 91.7 cm³/mol. The van der Waals surface area contributed by atoms with Crippen molar-refractivity contribution in [2.24, 2.45) is 0 Å². The average Bonchev–Trinajstić information content (AvgIpc) is 3.02. The van der Waals surface area contributed by atoms with Crippen LogP contribution in [-0.2, 0) is 0 Å². The number of rotatable bonds is 4. The minimum Gasteiger partial charge on any atom is -0.497 e. The van der Waals surface area contributed by atoms with Crippen LogP contribution in [0.3, 0.4) is 0 Å². The molecule has 1 unspecified atom stereocenters. The lowest BCUT2D eigenvalue weighted by Gasteiger charge is -2.30. The smallest absolute Gasteiger partial charge is 0.250 e. The molecular weight excluding hydrogens is 316 g/mol. The maximum Gasteiger partial charge on any atom is 0.250 e. The molecule has 0 spiro atoms. The van der Waals surface area contributed by atoms with Gasteiger partial charge in [-0.15, -0.1) is 12.4 Å². The number of methoxy groups -OCH3 is 1. The van der Waals surface area contributed by atoms with Crippen LogP contribution in [0.15, 0.2) is 28.8 Å². The number of ether oxygens (including phenoxy) is 1. The first-order valence-electron chi connectivity index (χ1n) is 7.33. The minimum atomic E-state index is 0. The molecule has 3 rings (SSSR count). The van der Waals surface area contributed by atoms with E-state index in [0.717, 1.165) is 36.8 Å². The molecule has 0 bridgehead atoms. The SMILES string of the molecule is COc1cccc(/C=C/c2nc(C3CNCCN3C)no2)c1.Cl. The standard InChI is InChI=1S/C16H20N4O2.ClH/c1-20-9-8-17-11-14(20)16-18-15(22-19-16)7-6-12-4-3-5-13(10-12)21-2;/h3-7,10,14,17H,8-9,11H2,1-2H3;1H/b7-6+;. The molecule has 0 saturated carbocycles. The van der Waals surface area contributed by atoms with Crippen molar-refractivity contribution in [1.82, 2.24) is 20.4 Å². The lowest BCUT2D eigenvalue weighted by Crippen LogP contribution is -2.44. The van der Waals surface area contributed by atoms with Crippen molar-refractivity contribution in [3.8, 4) is 5.75 Å². The third-order valence-electron chi connectivity index (χ3n) is 3.78. The van der Waals surface area contributed by atoms with Gasteiger partial charge in [0.1, 0.15) is 5.75 Å². The molecule has 0 amide bonds. The predicted octanol–water partition coefficient (Wildman–Crippen LogP) is 2.25. The van der Waals surface area contributed by atoms with Crippen LogP contribution in [0.25, 0.3) is 12.2 Å². The van der Waals surface area contributed by atoms with E-state index in [1.807, 2.05) is 36.4 Å². The number of benzene rings is 1. The Bertz CT molecular complexity index is 659. The summed E-state index contributed by atoms with van der Waals surface area (Å²) in [6, 6.07) is 7.97. The third-order valence-corrected chi connectivity index (χ3v) is 3.78. The summed E-state index contributed by atoms with van der Waals surface area (Å²) >= 11 is 0. The van der Waals surface area contributed by atoms with Gasteiger partial charge < -0.3 is 14.6 Å². The Morgan fingerprint density at radius 3 is 3.04 bits per heavy atom. The summed E-state index contributed by atoms with van der Waals surface area (Å²) < 4.78 is 10.5. The minimum absolute atomic E-state index is 0. The molecule has 1 aromatic heterocycles. The molecule has 1 aliphatic heterocycles. The molecule has 2 heterocycles. The van der Waals surface area contributed by atoms with Gasteiger partial charge in [0.15, 0.2) is 5.82 Å². The Morgan fingerprint density at radius 2 is 2.26 bits per heavy atom. The van der Waals surface area contributed by atoms with Crippen LogP contribution in [0.4, 0.5) is 0 Å². The van der Waals surface area contributed by atoms with Gasteiger partial charge in [-0.2, -0.15) is 4.98 Å². The van der Waals surface area contributed by atoms with Gasteiger partial charge in [-0.3, -0.25) is 4.90 Å². The van der Waals surface area contributed by atoms with E-state index >= 15 is 0 Å². The molecular formula is C16H21ClN4O2. The summed E-state index contributed by atoms with van der Waals surface area (Å²) in [5.41, 5.74) is 1.02. The van der Waals surface area contributed by atoms with Crippen LogP contribution in [-0.4, -0.2) is 48.8 Å². The van der Waals surface area contributed by atoms with E-state index in [1.165, 1.54) is 0 Å². The lowest BCUT2D eigenvalue weighted by molar-refractivity contribution is 0.190. The second-order valence-corrected chi connectivity index (χ2v) is 5.30. The maximum atomic E-state index is 5.31. The Kier molecular flexibility index (Phi) is 6.15. The highest BCUT2D eigenvalue weighted by molar-refractivity contribution is 5.85. The zero-order chi connectivity index (χ0) is 15.4. The molecule has 0 aliphatic carbocycles. The average molecular weight is 337 g/mol. The monoisotopic (exact) mass is 336 g/mol. The number of nitrogens with one attached hydrogen (secondary N) is 1. The molecule has 1 saturated heterocycles. The normalized spacial score (nSPS) is 18.8. The third kappa shape index (κ3) is 4.31. The number of likely N-dealkylation sites (N-methyl/N-ethyl adjacent to an activating group) is 1. The second-order valence-electron chi connectivity index (χ2n) is 5.30. The molecule has 0 radical (unpaired) electrons. The van der Waals surface area contributed by atoms with E-state index in [0.29, 0.717) is 5.89 Å². The number of halogens is 1. The Balaban J connectivity index is 0.00000192. The fourth-order valence-electron chi connectivity index (χ4n) is 2.46. The van der Waals surface area contributed by atoms with Gasteiger partial charge in [-0.25, -0.2) is 0 Å². The Hall–Kier alpha value is -1.89. The summed E-state index contributed by atoms with van der Waals surface area (Å²) in [5.74, 6) is 2.06. The van der Waals surface area contributed by atoms with Gasteiger partial charge in [0.25, 0.3) is 5.89 Å². The molecule has 23 heavy (non-hydrogen) atoms. The highest BCUT2D eigenvalue weighted by Gasteiger charge is 2.24. The van der Waals surface area contributed by atoms with Crippen LogP contribution in [0.1, 0.15) is 23.3 Å². The Labute approximate surface area is 141 Å². The zero-order valence-electron chi connectivity index (χ0n) is 13.2. The molecule has 1 N–H and O–H groups in total. The fourth-order valence-corrected chi connectivity index (χ4v) is 2.46. The molecule has 1 fully saturated rings. The van der Waals surface area contributed by atoms with Gasteiger partial charge in [0.05, 0.1) is 13.2 Å². The van der Waals surface area contributed by atoms with Crippen LogP contribution >= 0.6 is 12.4 Å². The first-order chi connectivity index (χ1) is 10.8. The number of hydrogen-bond acceptors (Lipinski definition) is 6. The molecule has 124 valence electrons. The lowest BCUT2D eigenvalue weighted by atomic mass is 10.2. The van der Waals surface area contributed by atoms with Crippen molar-refractivity contribution in [2.75, 3.05) is 33.8 Å². The number of nitrogens with zero attached hydrogens (tertiary/aromatic N) is 3. The summed E-state index contributed by atoms with van der Waals surface area (Å²) in [6.45, 7) is 2.82. The van der Waals surface area contributed by atoms with Gasteiger partial charge in [-0.1, -0.05) is 17.3 Å². The summed E-state index contributed by atoms with van der Waals surface area (Å²) in [6.07, 6.45) is 3.75. The van der Waals surface area contributed by atoms with E-state index in [2.05, 4.69) is 27.4 Å². The first kappa shape index (κ1) is 17.5. The topological polar surface area (TPSA) is 63.4 Å². The van der Waals surface area contributed by atoms with Crippen molar-refractivity contribution in [1.29, 1.82) is 0 Å². The molecule has 1 aromatic carbocycles. The summed E-state index contributed by atoms with van der Waals surface area (Å²) in [4.78, 5) is 6.70. The fraction of sp³-hybridized carbons (Fsp3) is 0.375. The van der Waals surface area contributed by atoms with Gasteiger partial charge >= 0.3 is 0 Å². The number of hydrogen-bond donors (Lipinski definition) is 1. The quantitative estimate of drug-likeness (QED) is 0.924. The number of aromatic nitrogens is 2. The van der Waals surface area contributed by atoms with Crippen molar-refractivity contribution in [3.05, 3.63) is 41.5 Å². The summed E-state index contributed by atoms with van der Waals surface area (Å²) in [5, 5.41) is 7.44. The highest BCUT2D eigenvalue weighted by atomic mass is 35.5. The van der Waals surface area contributed by atoms with Gasteiger partial charge in [0.2, 0.25) is 0 Å². The Morgan fingerprint density at radius 1 is 1.39 bits per heavy atom. The van der Waals surface area contributed by atoms with Gasteiger partial charge in [-0.05, 0) is 30.8 Å². The molecule has 6 nitrogen and oxygen atoms in total. The number of piperazine rings is 1. The van der Waals surface area contributed by atoms with E-state index in [4.69, 9.17) is 9.26 Å². The first-order valence-corrected chi connectivity index (χ1v) is 7.33. The van der Waals surface area contributed by atoms with Crippen molar-refractivity contribution < 1.29 is 9.26 Å². The largest absolute Gasteiger partial charge is 0.497 e. The van der Waals surface area contributed by atoms with E-state index in [9.17, 15) is 0 Å². The van der Waals surface area contributed by atoms with E-state index in [1.54, 1.807) is 7.11 Å². The molecule has 1 atom stereocenters. The van der Waals surface area contributed by atoms with Crippen molar-refractivity contribution in [2.45, 2.75) is 6.04 Å². The van der Waals surface area contributed by atoms with Crippen LogP contribution in [0.5, 0.6) is 5.75 Å². The molecule has 2 aromatic rings. The van der Waals surface area contributed by atoms with Crippen LogP contribution in [0.2, 0.25) is 0 Å². The van der Waals surface area contributed by atoms with Crippen molar-refractivity contribution in [3.63, 3.8) is 0 Å². The zero-order valence-corrected chi connectivity index (χ0v) is 14.0. The van der Waals surface area contributed by atoms with Gasteiger partial charge in [0, 0.05) is 25.7 Å². The molecule has 1 aliphatic rings. The van der Waals surface area contributed by atoms with E-state index < -0.39 is 0 Å². The maximum absolute atomic E-state index is 5.31. The molecule has 7 heteroatoms. The summed E-state index contributed by atoms with van der Waals surface area (Å²) in [7, 11) is 3.73. The van der Waals surface area contributed by atoms with Crippen molar-refractivity contribution >= 4 is 24.6 Å². The highest BCUT2D eigenvalue weighted by Crippen LogP contribution is 2.19. The van der Waals surface area contributed by atoms with E-state index in [-0.39, 0.29) is 18.4 Å².